The number of thiazole rings is 1. The van der Waals surface area contributed by atoms with E-state index in [4.69, 9.17) is 4.74 Å². The van der Waals surface area contributed by atoms with Gasteiger partial charge in [0.1, 0.15) is 11.6 Å². The number of aromatic nitrogens is 2. The zero-order valence-electron chi connectivity index (χ0n) is 11.5. The second kappa shape index (κ2) is 6.07. The van der Waals surface area contributed by atoms with Crippen LogP contribution < -0.4 is 10.1 Å². The van der Waals surface area contributed by atoms with Gasteiger partial charge in [-0.05, 0) is 25.1 Å². The Morgan fingerprint density at radius 2 is 1.95 bits per heavy atom. The van der Waals surface area contributed by atoms with Gasteiger partial charge < -0.3 is 10.1 Å². The van der Waals surface area contributed by atoms with E-state index in [1.54, 1.807) is 6.07 Å². The van der Waals surface area contributed by atoms with E-state index in [2.05, 4.69) is 15.3 Å². The van der Waals surface area contributed by atoms with Crippen molar-refractivity contribution in [1.82, 2.24) is 9.97 Å². The molecule has 0 unspecified atom stereocenters. The Labute approximate surface area is 129 Å². The van der Waals surface area contributed by atoms with Gasteiger partial charge in [0.15, 0.2) is 22.5 Å². The molecule has 3 rings (SSSR count). The van der Waals surface area contributed by atoms with Crippen LogP contribution in [0.15, 0.2) is 41.9 Å². The minimum absolute atomic E-state index is 0.273. The van der Waals surface area contributed by atoms with Crippen molar-refractivity contribution < 1.29 is 13.5 Å². The molecule has 0 aliphatic carbocycles. The maximum Gasteiger partial charge on any atom is 0.198 e. The average Bonchev–Trinajstić information content (AvgIpc) is 2.89. The Kier molecular flexibility index (Phi) is 3.97. The molecule has 0 atom stereocenters. The molecule has 2 aromatic heterocycles. The van der Waals surface area contributed by atoms with Crippen molar-refractivity contribution in [1.29, 1.82) is 0 Å². The third-order valence-electron chi connectivity index (χ3n) is 2.72. The molecular formula is C15H11F2N3OS. The Balaban J connectivity index is 1.82. The van der Waals surface area contributed by atoms with Crippen LogP contribution in [-0.4, -0.2) is 9.97 Å². The lowest BCUT2D eigenvalue weighted by Gasteiger charge is -2.09. The van der Waals surface area contributed by atoms with Gasteiger partial charge in [0.05, 0.1) is 5.69 Å². The van der Waals surface area contributed by atoms with Crippen molar-refractivity contribution in [2.45, 2.75) is 6.92 Å². The first-order valence-electron chi connectivity index (χ1n) is 6.39. The van der Waals surface area contributed by atoms with Crippen LogP contribution >= 0.6 is 11.3 Å². The van der Waals surface area contributed by atoms with Crippen LogP contribution in [0.2, 0.25) is 0 Å². The molecule has 3 aromatic rings. The molecule has 0 amide bonds. The van der Waals surface area contributed by atoms with Gasteiger partial charge in [-0.1, -0.05) is 6.07 Å². The number of pyridine rings is 1. The molecule has 0 spiro atoms. The van der Waals surface area contributed by atoms with Crippen molar-refractivity contribution in [3.63, 3.8) is 0 Å². The fourth-order valence-corrected chi connectivity index (χ4v) is 2.46. The largest absolute Gasteiger partial charge is 0.451 e. The van der Waals surface area contributed by atoms with Crippen molar-refractivity contribution in [3.8, 4) is 11.5 Å². The predicted molar refractivity (Wildman–Crippen MR) is 80.8 cm³/mol. The molecule has 0 aliphatic heterocycles. The lowest BCUT2D eigenvalue weighted by atomic mass is 10.3. The number of rotatable bonds is 4. The van der Waals surface area contributed by atoms with E-state index in [1.807, 2.05) is 12.3 Å². The number of hydrogen-bond donors (Lipinski definition) is 1. The van der Waals surface area contributed by atoms with Crippen LogP contribution in [0.25, 0.3) is 0 Å². The molecule has 0 saturated heterocycles. The Morgan fingerprint density at radius 1 is 1.18 bits per heavy atom. The SMILES string of the molecule is Cc1csc(Nc2cc(Oc3c(F)cccc3F)ccn2)n1. The third kappa shape index (κ3) is 3.20. The fourth-order valence-electron chi connectivity index (χ4n) is 1.76. The van der Waals surface area contributed by atoms with E-state index >= 15 is 0 Å². The summed E-state index contributed by atoms with van der Waals surface area (Å²) in [5.74, 6) is -1.22. The van der Waals surface area contributed by atoms with Crippen molar-refractivity contribution in [3.05, 3.63) is 59.2 Å². The van der Waals surface area contributed by atoms with E-state index in [0.29, 0.717) is 10.9 Å². The van der Waals surface area contributed by atoms with Gasteiger partial charge in [-0.2, -0.15) is 0 Å². The van der Waals surface area contributed by atoms with Crippen molar-refractivity contribution in [2.75, 3.05) is 5.32 Å². The highest BCUT2D eigenvalue weighted by Crippen LogP contribution is 2.29. The average molecular weight is 319 g/mol. The summed E-state index contributed by atoms with van der Waals surface area (Å²) in [5.41, 5.74) is 0.897. The normalized spacial score (nSPS) is 10.5. The highest BCUT2D eigenvalue weighted by Gasteiger charge is 2.11. The van der Waals surface area contributed by atoms with Crippen LogP contribution in [0.1, 0.15) is 5.69 Å². The van der Waals surface area contributed by atoms with Gasteiger partial charge in [-0.25, -0.2) is 18.7 Å². The number of anilines is 2. The first-order chi connectivity index (χ1) is 10.6. The number of ether oxygens (including phenoxy) is 1. The monoisotopic (exact) mass is 319 g/mol. The van der Waals surface area contributed by atoms with Crippen LogP contribution in [0.3, 0.4) is 0 Å². The van der Waals surface area contributed by atoms with Gasteiger partial charge in [-0.3, -0.25) is 0 Å². The highest BCUT2D eigenvalue weighted by atomic mass is 32.1. The molecule has 0 fully saturated rings. The quantitative estimate of drug-likeness (QED) is 0.759. The zero-order chi connectivity index (χ0) is 15.5. The number of benzene rings is 1. The van der Waals surface area contributed by atoms with Gasteiger partial charge in [-0.15, -0.1) is 11.3 Å². The maximum absolute atomic E-state index is 13.6. The summed E-state index contributed by atoms with van der Waals surface area (Å²) in [6.07, 6.45) is 1.48. The van der Waals surface area contributed by atoms with Crippen LogP contribution in [-0.2, 0) is 0 Å². The summed E-state index contributed by atoms with van der Waals surface area (Å²) in [7, 11) is 0. The summed E-state index contributed by atoms with van der Waals surface area (Å²) < 4.78 is 32.4. The Morgan fingerprint density at radius 3 is 2.64 bits per heavy atom. The summed E-state index contributed by atoms with van der Waals surface area (Å²) >= 11 is 1.44. The van der Waals surface area contributed by atoms with E-state index < -0.39 is 17.4 Å². The second-order valence-electron chi connectivity index (χ2n) is 4.45. The van der Waals surface area contributed by atoms with Crippen molar-refractivity contribution in [2.24, 2.45) is 0 Å². The standard InChI is InChI=1S/C15H11F2N3OS/c1-9-8-22-15(19-9)20-13-7-10(5-6-18-13)21-14-11(16)3-2-4-12(14)17/h2-8H,1H3,(H,18,19,20). The summed E-state index contributed by atoms with van der Waals surface area (Å²) in [5, 5.41) is 5.59. The molecule has 0 radical (unpaired) electrons. The van der Waals surface area contributed by atoms with Gasteiger partial charge in [0.25, 0.3) is 0 Å². The fraction of sp³-hybridized carbons (Fsp3) is 0.0667. The highest BCUT2D eigenvalue weighted by molar-refractivity contribution is 7.13. The van der Waals surface area contributed by atoms with Gasteiger partial charge in [0.2, 0.25) is 0 Å². The van der Waals surface area contributed by atoms with E-state index in [0.717, 1.165) is 17.8 Å². The number of nitrogens with zero attached hydrogens (tertiary/aromatic N) is 2. The summed E-state index contributed by atoms with van der Waals surface area (Å²) in [6.45, 7) is 1.88. The molecular weight excluding hydrogens is 308 g/mol. The Hall–Kier alpha value is -2.54. The number of para-hydroxylation sites is 1. The predicted octanol–water partition coefficient (Wildman–Crippen LogP) is 4.66. The molecule has 4 nitrogen and oxygen atoms in total. The lowest BCUT2D eigenvalue weighted by molar-refractivity contribution is 0.407. The molecule has 22 heavy (non-hydrogen) atoms. The number of aryl methyl sites for hydroxylation is 1. The van der Waals surface area contributed by atoms with Crippen LogP contribution in [0.5, 0.6) is 11.5 Å². The molecule has 0 bridgehead atoms. The summed E-state index contributed by atoms with van der Waals surface area (Å²) in [6, 6.07) is 6.61. The first kappa shape index (κ1) is 14.4. The molecule has 1 N–H and O–H groups in total. The Bertz CT molecular complexity index is 787. The van der Waals surface area contributed by atoms with E-state index in [9.17, 15) is 8.78 Å². The minimum Gasteiger partial charge on any atom is -0.451 e. The number of hydrogen-bond acceptors (Lipinski definition) is 5. The lowest BCUT2D eigenvalue weighted by Crippen LogP contribution is -1.96. The van der Waals surface area contributed by atoms with E-state index in [-0.39, 0.29) is 5.75 Å². The smallest absolute Gasteiger partial charge is 0.198 e. The first-order valence-corrected chi connectivity index (χ1v) is 7.27. The number of nitrogens with one attached hydrogen (secondary N) is 1. The molecule has 112 valence electrons. The minimum atomic E-state index is -0.762. The van der Waals surface area contributed by atoms with Crippen LogP contribution in [0.4, 0.5) is 19.7 Å². The molecule has 0 aliphatic rings. The molecule has 2 heterocycles. The van der Waals surface area contributed by atoms with Crippen molar-refractivity contribution >= 4 is 22.3 Å². The van der Waals surface area contributed by atoms with Gasteiger partial charge >= 0.3 is 0 Å². The maximum atomic E-state index is 13.6. The molecule has 0 saturated carbocycles. The zero-order valence-corrected chi connectivity index (χ0v) is 12.3. The number of halogens is 2. The summed E-state index contributed by atoms with van der Waals surface area (Å²) in [4.78, 5) is 8.37. The molecule has 7 heteroatoms. The molecule has 1 aromatic carbocycles. The van der Waals surface area contributed by atoms with Gasteiger partial charge in [0, 0.05) is 17.6 Å². The van der Waals surface area contributed by atoms with E-state index in [1.165, 1.54) is 29.7 Å². The topological polar surface area (TPSA) is 47.0 Å². The van der Waals surface area contributed by atoms with Crippen LogP contribution in [0, 0.1) is 18.6 Å². The second-order valence-corrected chi connectivity index (χ2v) is 5.31. The third-order valence-corrected chi connectivity index (χ3v) is 3.60.